The molecule has 1 aromatic carbocycles. The summed E-state index contributed by atoms with van der Waals surface area (Å²) in [5.74, 6) is 0. The minimum atomic E-state index is -0.415. The quantitative estimate of drug-likeness (QED) is 0.546. The smallest absolute Gasteiger partial charge is 0.273 e. The lowest BCUT2D eigenvalue weighted by atomic mass is 9.89. The second kappa shape index (κ2) is 4.58. The Morgan fingerprint density at radius 3 is 2.53 bits per heavy atom. The molecule has 3 N–H and O–H groups in total. The second-order valence-electron chi connectivity index (χ2n) is 4.24. The van der Waals surface area contributed by atoms with Crippen LogP contribution in [0, 0.1) is 10.1 Å². The Bertz CT molecular complexity index is 430. The summed E-state index contributed by atoms with van der Waals surface area (Å²) in [5.41, 5.74) is 1.46. The van der Waals surface area contributed by atoms with Gasteiger partial charge in [-0.1, -0.05) is 0 Å². The van der Waals surface area contributed by atoms with Gasteiger partial charge in [-0.3, -0.25) is 10.1 Å². The number of hydrogen-bond acceptors (Lipinski definition) is 5. The van der Waals surface area contributed by atoms with Gasteiger partial charge >= 0.3 is 0 Å². The van der Waals surface area contributed by atoms with Crippen LogP contribution in [0.4, 0.5) is 17.1 Å². The fourth-order valence-electron chi connectivity index (χ4n) is 1.89. The Morgan fingerprint density at radius 1 is 1.35 bits per heavy atom. The standard InChI is InChI=1S/C11H15N3O3/c1-12-7-2-8(4-10(3-7)14(16)17)13-9-5-11(15)6-9/h2-4,9,11-13,15H,5-6H2,1H3. The molecule has 0 unspecified atom stereocenters. The van der Waals surface area contributed by atoms with E-state index in [1.807, 2.05) is 6.07 Å². The second-order valence-corrected chi connectivity index (χ2v) is 4.24. The molecule has 0 heterocycles. The van der Waals surface area contributed by atoms with Gasteiger partial charge in [-0.2, -0.15) is 0 Å². The lowest BCUT2D eigenvalue weighted by Gasteiger charge is -2.32. The van der Waals surface area contributed by atoms with Crippen LogP contribution in [0.5, 0.6) is 0 Å². The van der Waals surface area contributed by atoms with Gasteiger partial charge in [-0.25, -0.2) is 0 Å². The average Bonchev–Trinajstić information content (AvgIpc) is 2.26. The van der Waals surface area contributed by atoms with Crippen molar-refractivity contribution in [3.05, 3.63) is 28.3 Å². The number of nitro groups is 1. The predicted molar refractivity (Wildman–Crippen MR) is 65.3 cm³/mol. The van der Waals surface area contributed by atoms with Crippen LogP contribution >= 0.6 is 0 Å². The molecule has 1 aliphatic carbocycles. The van der Waals surface area contributed by atoms with Crippen LogP contribution < -0.4 is 10.6 Å². The Morgan fingerprint density at radius 2 is 2.00 bits per heavy atom. The number of hydrogen-bond donors (Lipinski definition) is 3. The van der Waals surface area contributed by atoms with Gasteiger partial charge in [0.1, 0.15) is 0 Å². The van der Waals surface area contributed by atoms with Crippen molar-refractivity contribution in [1.29, 1.82) is 0 Å². The largest absolute Gasteiger partial charge is 0.393 e. The van der Waals surface area contributed by atoms with E-state index in [1.165, 1.54) is 12.1 Å². The zero-order chi connectivity index (χ0) is 12.4. The Labute approximate surface area is 98.8 Å². The van der Waals surface area contributed by atoms with E-state index in [0.717, 1.165) is 0 Å². The van der Waals surface area contributed by atoms with E-state index < -0.39 is 4.92 Å². The van der Waals surface area contributed by atoms with Crippen molar-refractivity contribution in [3.63, 3.8) is 0 Å². The molecule has 6 heteroatoms. The SMILES string of the molecule is CNc1cc(NC2CC(O)C2)cc([N+](=O)[O-])c1. The van der Waals surface area contributed by atoms with Crippen molar-refractivity contribution in [2.45, 2.75) is 25.0 Å². The molecular weight excluding hydrogens is 222 g/mol. The summed E-state index contributed by atoms with van der Waals surface area (Å²) in [6.45, 7) is 0. The van der Waals surface area contributed by atoms with E-state index in [4.69, 9.17) is 0 Å². The van der Waals surface area contributed by atoms with Gasteiger partial charge in [0.2, 0.25) is 0 Å². The van der Waals surface area contributed by atoms with Crippen LogP contribution in [0.2, 0.25) is 0 Å². The monoisotopic (exact) mass is 237 g/mol. The molecular formula is C11H15N3O3. The van der Waals surface area contributed by atoms with E-state index in [1.54, 1.807) is 7.05 Å². The van der Waals surface area contributed by atoms with E-state index in [-0.39, 0.29) is 17.8 Å². The molecule has 0 spiro atoms. The Balaban J connectivity index is 2.15. The van der Waals surface area contributed by atoms with Crippen molar-refractivity contribution < 1.29 is 10.0 Å². The third-order valence-electron chi connectivity index (χ3n) is 2.90. The summed E-state index contributed by atoms with van der Waals surface area (Å²) < 4.78 is 0. The maximum absolute atomic E-state index is 10.8. The van der Waals surface area contributed by atoms with Crippen molar-refractivity contribution in [2.24, 2.45) is 0 Å². The first-order valence-corrected chi connectivity index (χ1v) is 5.50. The van der Waals surface area contributed by atoms with Crippen LogP contribution in [-0.2, 0) is 0 Å². The van der Waals surface area contributed by atoms with Crippen LogP contribution in [0.1, 0.15) is 12.8 Å². The number of rotatable bonds is 4. The van der Waals surface area contributed by atoms with Crippen molar-refractivity contribution in [2.75, 3.05) is 17.7 Å². The fraction of sp³-hybridized carbons (Fsp3) is 0.455. The summed E-state index contributed by atoms with van der Waals surface area (Å²) in [4.78, 5) is 10.3. The van der Waals surface area contributed by atoms with Crippen LogP contribution in [0.3, 0.4) is 0 Å². The molecule has 0 amide bonds. The first-order valence-electron chi connectivity index (χ1n) is 5.50. The van der Waals surface area contributed by atoms with Crippen LogP contribution in [0.25, 0.3) is 0 Å². The van der Waals surface area contributed by atoms with Crippen molar-refractivity contribution in [3.8, 4) is 0 Å². The van der Waals surface area contributed by atoms with Gasteiger partial charge in [-0.05, 0) is 18.9 Å². The molecule has 0 aromatic heterocycles. The lowest BCUT2D eigenvalue weighted by molar-refractivity contribution is -0.384. The molecule has 1 fully saturated rings. The number of anilines is 2. The van der Waals surface area contributed by atoms with Gasteiger partial charge in [0.25, 0.3) is 5.69 Å². The third-order valence-corrected chi connectivity index (χ3v) is 2.90. The lowest BCUT2D eigenvalue weighted by Crippen LogP contribution is -2.38. The van der Waals surface area contributed by atoms with Gasteiger partial charge in [0.15, 0.2) is 0 Å². The molecule has 1 aromatic rings. The molecule has 17 heavy (non-hydrogen) atoms. The molecule has 0 aliphatic heterocycles. The maximum atomic E-state index is 10.8. The van der Waals surface area contributed by atoms with Crippen molar-refractivity contribution in [1.82, 2.24) is 0 Å². The zero-order valence-corrected chi connectivity index (χ0v) is 9.51. The highest BCUT2D eigenvalue weighted by Gasteiger charge is 2.27. The number of nitro benzene ring substituents is 1. The predicted octanol–water partition coefficient (Wildman–Crippen LogP) is 1.57. The first-order chi connectivity index (χ1) is 8.08. The van der Waals surface area contributed by atoms with E-state index >= 15 is 0 Å². The molecule has 0 radical (unpaired) electrons. The molecule has 2 rings (SSSR count). The summed E-state index contributed by atoms with van der Waals surface area (Å²) in [6.07, 6.45) is 1.14. The van der Waals surface area contributed by atoms with E-state index in [9.17, 15) is 15.2 Å². The number of aliphatic hydroxyl groups excluding tert-OH is 1. The minimum absolute atomic E-state index is 0.0548. The van der Waals surface area contributed by atoms with E-state index in [2.05, 4.69) is 10.6 Å². The molecule has 0 atom stereocenters. The van der Waals surface area contributed by atoms with Crippen LogP contribution in [-0.4, -0.2) is 29.2 Å². The number of benzene rings is 1. The van der Waals surface area contributed by atoms with Gasteiger partial charge < -0.3 is 15.7 Å². The van der Waals surface area contributed by atoms with Gasteiger partial charge in [0.05, 0.1) is 11.0 Å². The zero-order valence-electron chi connectivity index (χ0n) is 9.51. The molecule has 6 nitrogen and oxygen atoms in total. The summed E-state index contributed by atoms with van der Waals surface area (Å²) in [5, 5.41) is 26.0. The highest BCUT2D eigenvalue weighted by Crippen LogP contribution is 2.28. The number of aliphatic hydroxyl groups is 1. The van der Waals surface area contributed by atoms with Gasteiger partial charge in [-0.15, -0.1) is 0 Å². The number of non-ortho nitro benzene ring substituents is 1. The average molecular weight is 237 g/mol. The highest BCUT2D eigenvalue weighted by molar-refractivity contribution is 5.63. The topological polar surface area (TPSA) is 87.4 Å². The number of nitrogens with one attached hydrogen (secondary N) is 2. The summed E-state index contributed by atoms with van der Waals surface area (Å²) >= 11 is 0. The molecule has 1 aliphatic rings. The Kier molecular flexibility index (Phi) is 3.14. The molecule has 0 saturated heterocycles. The van der Waals surface area contributed by atoms with Crippen LogP contribution in [0.15, 0.2) is 18.2 Å². The molecule has 1 saturated carbocycles. The minimum Gasteiger partial charge on any atom is -0.393 e. The molecule has 0 bridgehead atoms. The van der Waals surface area contributed by atoms with Gasteiger partial charge in [0, 0.05) is 36.6 Å². The maximum Gasteiger partial charge on any atom is 0.273 e. The highest BCUT2D eigenvalue weighted by atomic mass is 16.6. The third kappa shape index (κ3) is 2.65. The normalized spacial score (nSPS) is 22.7. The Hall–Kier alpha value is -1.82. The molecule has 92 valence electrons. The van der Waals surface area contributed by atoms with Crippen molar-refractivity contribution >= 4 is 17.1 Å². The fourth-order valence-corrected chi connectivity index (χ4v) is 1.89. The summed E-state index contributed by atoms with van der Waals surface area (Å²) in [6, 6.07) is 5.01. The number of nitrogens with zero attached hydrogens (tertiary/aromatic N) is 1. The summed E-state index contributed by atoms with van der Waals surface area (Å²) in [7, 11) is 1.72. The van der Waals surface area contributed by atoms with E-state index in [0.29, 0.717) is 24.2 Å². The first kappa shape index (κ1) is 11.7.